The summed E-state index contributed by atoms with van der Waals surface area (Å²) in [7, 11) is 0. The molecule has 0 radical (unpaired) electrons. The van der Waals surface area contributed by atoms with Crippen LogP contribution < -0.4 is 5.32 Å². The van der Waals surface area contributed by atoms with E-state index in [1.165, 1.54) is 44.9 Å². The molecule has 2 fully saturated rings. The third kappa shape index (κ3) is 4.08. The molecule has 0 bridgehead atoms. The van der Waals surface area contributed by atoms with Crippen LogP contribution in [0.1, 0.15) is 72.1 Å². The van der Waals surface area contributed by atoms with E-state index in [9.17, 15) is 0 Å². The first-order valence-corrected chi connectivity index (χ1v) is 8.52. The Morgan fingerprint density at radius 3 is 2.60 bits per heavy atom. The highest BCUT2D eigenvalue weighted by atomic mass is 16.5. The summed E-state index contributed by atoms with van der Waals surface area (Å²) < 4.78 is 6.52. The molecule has 20 heavy (non-hydrogen) atoms. The molecule has 1 saturated heterocycles. The van der Waals surface area contributed by atoms with Crippen LogP contribution in [0.3, 0.4) is 0 Å². The summed E-state index contributed by atoms with van der Waals surface area (Å²) >= 11 is 0. The molecule has 1 N–H and O–H groups in total. The first-order valence-electron chi connectivity index (χ1n) is 8.52. The Morgan fingerprint density at radius 2 is 2.00 bits per heavy atom. The summed E-state index contributed by atoms with van der Waals surface area (Å²) in [6, 6.07) is 0.531. The van der Waals surface area contributed by atoms with E-state index in [0.29, 0.717) is 12.1 Å². The van der Waals surface area contributed by atoms with Gasteiger partial charge in [0.25, 0.3) is 0 Å². The fourth-order valence-corrected chi connectivity index (χ4v) is 3.79. The van der Waals surface area contributed by atoms with E-state index >= 15 is 0 Å². The zero-order chi connectivity index (χ0) is 14.6. The molecule has 2 atom stereocenters. The molecule has 0 aromatic rings. The van der Waals surface area contributed by atoms with Crippen molar-refractivity contribution < 1.29 is 4.74 Å². The second kappa shape index (κ2) is 6.62. The lowest BCUT2D eigenvalue weighted by atomic mass is 9.82. The molecule has 116 valence electrons. The van der Waals surface area contributed by atoms with Crippen LogP contribution in [-0.4, -0.2) is 24.3 Å². The topological polar surface area (TPSA) is 21.3 Å². The van der Waals surface area contributed by atoms with Gasteiger partial charge in [-0.3, -0.25) is 0 Å². The van der Waals surface area contributed by atoms with Crippen molar-refractivity contribution in [3.8, 4) is 0 Å². The quantitative estimate of drug-likeness (QED) is 0.725. The number of rotatable bonds is 6. The highest BCUT2D eigenvalue weighted by Gasteiger charge is 2.42. The minimum atomic E-state index is 0.148. The van der Waals surface area contributed by atoms with Crippen LogP contribution in [0.5, 0.6) is 0 Å². The highest BCUT2D eigenvalue weighted by Crippen LogP contribution is 2.44. The second-order valence-electron chi connectivity index (χ2n) is 7.62. The lowest BCUT2D eigenvalue weighted by Crippen LogP contribution is -2.38. The molecular weight excluding hydrogens is 246 g/mol. The smallest absolute Gasteiger partial charge is 0.0687 e. The second-order valence-corrected chi connectivity index (χ2v) is 7.62. The summed E-state index contributed by atoms with van der Waals surface area (Å²) in [5, 5.41) is 3.56. The van der Waals surface area contributed by atoms with Gasteiger partial charge in [0.15, 0.2) is 0 Å². The third-order valence-corrected chi connectivity index (χ3v) is 5.20. The van der Waals surface area contributed by atoms with Gasteiger partial charge in [0.05, 0.1) is 11.7 Å². The molecule has 2 aliphatic rings. The molecule has 2 unspecified atom stereocenters. The van der Waals surface area contributed by atoms with E-state index in [-0.39, 0.29) is 11.0 Å². The van der Waals surface area contributed by atoms with Crippen LogP contribution in [0.4, 0.5) is 0 Å². The standard InChI is InChI=1S/C18H33NO/c1-5-17(4,14-19-15(2)3)13-16-9-12-18(20-16)10-7-6-8-11-18/h5,15-16,19H,1,6-14H2,2-4H3. The van der Waals surface area contributed by atoms with E-state index in [4.69, 9.17) is 4.74 Å². The Kier molecular flexibility index (Phi) is 5.30. The molecule has 2 rings (SSSR count). The lowest BCUT2D eigenvalue weighted by molar-refractivity contribution is -0.0728. The lowest BCUT2D eigenvalue weighted by Gasteiger charge is -2.35. The van der Waals surface area contributed by atoms with Crippen LogP contribution in [0.25, 0.3) is 0 Å². The summed E-state index contributed by atoms with van der Waals surface area (Å²) in [6.45, 7) is 11.8. The van der Waals surface area contributed by atoms with Gasteiger partial charge < -0.3 is 10.1 Å². The Hall–Kier alpha value is -0.340. The van der Waals surface area contributed by atoms with Gasteiger partial charge in [0, 0.05) is 18.0 Å². The normalized spacial score (nSPS) is 28.7. The van der Waals surface area contributed by atoms with Crippen LogP contribution in [0.15, 0.2) is 12.7 Å². The maximum atomic E-state index is 6.52. The average molecular weight is 279 g/mol. The highest BCUT2D eigenvalue weighted by molar-refractivity contribution is 4.99. The number of nitrogens with one attached hydrogen (secondary N) is 1. The fraction of sp³-hybridized carbons (Fsp3) is 0.889. The molecule has 0 aromatic heterocycles. The predicted octanol–water partition coefficient (Wildman–Crippen LogP) is 4.45. The van der Waals surface area contributed by atoms with Crippen LogP contribution in [0.2, 0.25) is 0 Å². The van der Waals surface area contributed by atoms with Gasteiger partial charge in [-0.15, -0.1) is 6.58 Å². The Morgan fingerprint density at radius 1 is 1.30 bits per heavy atom. The molecule has 0 amide bonds. The number of ether oxygens (including phenoxy) is 1. The first-order chi connectivity index (χ1) is 9.47. The summed E-state index contributed by atoms with van der Waals surface area (Å²) in [4.78, 5) is 0. The minimum Gasteiger partial charge on any atom is -0.372 e. The van der Waals surface area contributed by atoms with Crippen molar-refractivity contribution in [2.45, 2.75) is 89.9 Å². The molecule has 0 aromatic carbocycles. The Labute approximate surface area is 125 Å². The van der Waals surface area contributed by atoms with Gasteiger partial charge in [-0.2, -0.15) is 0 Å². The van der Waals surface area contributed by atoms with Gasteiger partial charge >= 0.3 is 0 Å². The van der Waals surface area contributed by atoms with Crippen molar-refractivity contribution in [3.63, 3.8) is 0 Å². The van der Waals surface area contributed by atoms with Gasteiger partial charge in [-0.05, 0) is 32.1 Å². The molecule has 1 aliphatic carbocycles. The molecular formula is C18H33NO. The van der Waals surface area contributed by atoms with Crippen LogP contribution in [0, 0.1) is 5.41 Å². The zero-order valence-corrected chi connectivity index (χ0v) is 13.7. The average Bonchev–Trinajstić information content (AvgIpc) is 2.80. The van der Waals surface area contributed by atoms with Gasteiger partial charge in [-0.1, -0.05) is 46.1 Å². The molecule has 2 heteroatoms. The van der Waals surface area contributed by atoms with Crippen LogP contribution >= 0.6 is 0 Å². The van der Waals surface area contributed by atoms with E-state index in [0.717, 1.165) is 13.0 Å². The molecule has 1 spiro atoms. The van der Waals surface area contributed by atoms with Crippen molar-refractivity contribution in [2.75, 3.05) is 6.54 Å². The van der Waals surface area contributed by atoms with Crippen molar-refractivity contribution in [3.05, 3.63) is 12.7 Å². The van der Waals surface area contributed by atoms with E-state index < -0.39 is 0 Å². The maximum Gasteiger partial charge on any atom is 0.0687 e. The largest absolute Gasteiger partial charge is 0.372 e. The summed E-state index contributed by atoms with van der Waals surface area (Å²) in [6.07, 6.45) is 12.9. The van der Waals surface area contributed by atoms with Gasteiger partial charge in [-0.25, -0.2) is 0 Å². The molecule has 1 heterocycles. The van der Waals surface area contributed by atoms with Gasteiger partial charge in [0.1, 0.15) is 0 Å². The summed E-state index contributed by atoms with van der Waals surface area (Å²) in [5.41, 5.74) is 0.394. The van der Waals surface area contributed by atoms with E-state index in [2.05, 4.69) is 38.7 Å². The minimum absolute atomic E-state index is 0.148. The SMILES string of the molecule is C=CC(C)(CNC(C)C)CC1CCC2(CCCCC2)O1. The molecule has 1 aliphatic heterocycles. The van der Waals surface area contributed by atoms with Gasteiger partial charge in [0.2, 0.25) is 0 Å². The molecule has 2 nitrogen and oxygen atoms in total. The van der Waals surface area contributed by atoms with Crippen molar-refractivity contribution >= 4 is 0 Å². The van der Waals surface area contributed by atoms with Crippen LogP contribution in [-0.2, 0) is 4.74 Å². The Balaban J connectivity index is 1.87. The summed E-state index contributed by atoms with van der Waals surface area (Å²) in [5.74, 6) is 0. The predicted molar refractivity (Wildman–Crippen MR) is 86.0 cm³/mol. The zero-order valence-electron chi connectivity index (χ0n) is 13.7. The number of hydrogen-bond donors (Lipinski definition) is 1. The van der Waals surface area contributed by atoms with E-state index in [1.807, 2.05) is 0 Å². The van der Waals surface area contributed by atoms with Crippen molar-refractivity contribution in [1.29, 1.82) is 0 Å². The monoisotopic (exact) mass is 279 g/mol. The molecule has 1 saturated carbocycles. The number of hydrogen-bond acceptors (Lipinski definition) is 2. The van der Waals surface area contributed by atoms with E-state index in [1.54, 1.807) is 0 Å². The Bertz CT molecular complexity index is 319. The third-order valence-electron chi connectivity index (χ3n) is 5.20. The van der Waals surface area contributed by atoms with Crippen molar-refractivity contribution in [1.82, 2.24) is 5.32 Å². The maximum absolute atomic E-state index is 6.52. The fourth-order valence-electron chi connectivity index (χ4n) is 3.79. The van der Waals surface area contributed by atoms with Crippen molar-refractivity contribution in [2.24, 2.45) is 5.41 Å². The first kappa shape index (κ1) is 16.0.